The minimum absolute atomic E-state index is 0.113. The Hall–Kier alpha value is -0.830. The zero-order valence-corrected chi connectivity index (χ0v) is 8.95. The number of nitrogens with one attached hydrogen (secondary N) is 1. The molecule has 3 heteroatoms. The molecule has 0 aromatic rings. The molecular weight excluding hydrogens is 178 g/mol. The predicted octanol–water partition coefficient (Wildman–Crippen LogP) is 1.64. The maximum atomic E-state index is 11.1. The summed E-state index contributed by atoms with van der Waals surface area (Å²) in [4.78, 5) is 11.1. The summed E-state index contributed by atoms with van der Waals surface area (Å²) in [6, 6.07) is 0.721. The van der Waals surface area contributed by atoms with Crippen LogP contribution in [0.4, 0.5) is 0 Å². The van der Waals surface area contributed by atoms with Gasteiger partial charge < -0.3 is 10.1 Å². The first-order chi connectivity index (χ1) is 6.72. The second kappa shape index (κ2) is 5.81. The smallest absolute Gasteiger partial charge is 0.307 e. The molecule has 1 aliphatic carbocycles. The van der Waals surface area contributed by atoms with E-state index in [2.05, 4.69) is 17.5 Å². The first-order valence-electron chi connectivity index (χ1n) is 5.29. The van der Waals surface area contributed by atoms with Gasteiger partial charge in [-0.25, -0.2) is 0 Å². The van der Waals surface area contributed by atoms with Crippen LogP contribution in [0.25, 0.3) is 0 Å². The summed E-state index contributed by atoms with van der Waals surface area (Å²) in [5.41, 5.74) is 0. The van der Waals surface area contributed by atoms with Crippen LogP contribution in [0.1, 0.15) is 33.1 Å². The Bertz CT molecular complexity index is 205. The normalized spacial score (nSPS) is 18.4. The van der Waals surface area contributed by atoms with E-state index in [0.717, 1.165) is 12.8 Å². The van der Waals surface area contributed by atoms with Gasteiger partial charge in [-0.2, -0.15) is 0 Å². The van der Waals surface area contributed by atoms with E-state index in [1.54, 1.807) is 0 Å². The second-order valence-electron chi connectivity index (χ2n) is 3.72. The van der Waals surface area contributed by atoms with Gasteiger partial charge in [-0.3, -0.25) is 4.79 Å². The van der Waals surface area contributed by atoms with Crippen LogP contribution in [0.3, 0.4) is 0 Å². The zero-order chi connectivity index (χ0) is 10.4. The summed E-state index contributed by atoms with van der Waals surface area (Å²) < 4.78 is 4.88. The van der Waals surface area contributed by atoms with E-state index in [0.29, 0.717) is 19.1 Å². The molecule has 0 bridgehead atoms. The standard InChI is InChI=1S/C11H19NO2/c1-3-14-11(13)8-9(2)12-10-6-4-5-7-10/h4-5,9-10,12H,3,6-8H2,1-2H3. The molecule has 0 saturated carbocycles. The monoisotopic (exact) mass is 197 g/mol. The number of carbonyl (C=O) groups excluding carboxylic acids is 1. The van der Waals surface area contributed by atoms with Crippen LogP contribution in [0.5, 0.6) is 0 Å². The number of rotatable bonds is 5. The van der Waals surface area contributed by atoms with Gasteiger partial charge in [0.15, 0.2) is 0 Å². The van der Waals surface area contributed by atoms with Crippen molar-refractivity contribution in [2.24, 2.45) is 0 Å². The molecule has 0 radical (unpaired) electrons. The van der Waals surface area contributed by atoms with Crippen molar-refractivity contribution in [1.29, 1.82) is 0 Å². The van der Waals surface area contributed by atoms with Gasteiger partial charge in [-0.1, -0.05) is 12.2 Å². The van der Waals surface area contributed by atoms with Crippen molar-refractivity contribution < 1.29 is 9.53 Å². The molecule has 1 N–H and O–H groups in total. The summed E-state index contributed by atoms with van der Waals surface area (Å²) in [5, 5.41) is 3.40. The van der Waals surface area contributed by atoms with Gasteiger partial charge >= 0.3 is 5.97 Å². The molecule has 0 heterocycles. The highest BCUT2D eigenvalue weighted by atomic mass is 16.5. The van der Waals surface area contributed by atoms with Gasteiger partial charge in [0.1, 0.15) is 0 Å². The lowest BCUT2D eigenvalue weighted by Gasteiger charge is -2.18. The molecule has 0 saturated heterocycles. The summed E-state index contributed by atoms with van der Waals surface area (Å²) in [6.07, 6.45) is 6.97. The van der Waals surface area contributed by atoms with Crippen molar-refractivity contribution >= 4 is 5.97 Å². The maximum absolute atomic E-state index is 11.1. The fraction of sp³-hybridized carbons (Fsp3) is 0.727. The Labute approximate surface area is 85.5 Å². The molecule has 0 fully saturated rings. The van der Waals surface area contributed by atoms with Gasteiger partial charge in [-0.05, 0) is 26.7 Å². The van der Waals surface area contributed by atoms with E-state index in [1.165, 1.54) is 0 Å². The van der Waals surface area contributed by atoms with Gasteiger partial charge in [0.05, 0.1) is 13.0 Å². The van der Waals surface area contributed by atoms with Gasteiger partial charge in [0.25, 0.3) is 0 Å². The third-order valence-corrected chi connectivity index (χ3v) is 2.31. The van der Waals surface area contributed by atoms with E-state index in [-0.39, 0.29) is 12.0 Å². The number of ether oxygens (including phenoxy) is 1. The number of hydrogen-bond acceptors (Lipinski definition) is 3. The molecule has 0 spiro atoms. The molecule has 0 aromatic heterocycles. The number of hydrogen-bond donors (Lipinski definition) is 1. The SMILES string of the molecule is CCOC(=O)CC(C)NC1CC=CC1. The lowest BCUT2D eigenvalue weighted by atomic mass is 10.1. The van der Waals surface area contributed by atoms with Gasteiger partial charge in [0.2, 0.25) is 0 Å². The van der Waals surface area contributed by atoms with Crippen LogP contribution >= 0.6 is 0 Å². The van der Waals surface area contributed by atoms with E-state index < -0.39 is 0 Å². The van der Waals surface area contributed by atoms with Crippen molar-refractivity contribution in [1.82, 2.24) is 5.32 Å². The summed E-state index contributed by atoms with van der Waals surface area (Å²) in [6.45, 7) is 4.32. The van der Waals surface area contributed by atoms with Crippen molar-refractivity contribution in [2.45, 2.75) is 45.2 Å². The van der Waals surface area contributed by atoms with E-state index in [4.69, 9.17) is 4.74 Å². The first kappa shape index (κ1) is 11.2. The van der Waals surface area contributed by atoms with Crippen molar-refractivity contribution in [3.63, 3.8) is 0 Å². The van der Waals surface area contributed by atoms with Crippen LogP contribution in [0.15, 0.2) is 12.2 Å². The number of esters is 1. The third kappa shape index (κ3) is 3.92. The van der Waals surface area contributed by atoms with E-state index >= 15 is 0 Å². The second-order valence-corrected chi connectivity index (χ2v) is 3.72. The van der Waals surface area contributed by atoms with Crippen LogP contribution in [0, 0.1) is 0 Å². The predicted molar refractivity (Wildman–Crippen MR) is 56.0 cm³/mol. The molecule has 80 valence electrons. The van der Waals surface area contributed by atoms with Crippen molar-refractivity contribution in [2.75, 3.05) is 6.61 Å². The van der Waals surface area contributed by atoms with E-state index in [1.807, 2.05) is 13.8 Å². The van der Waals surface area contributed by atoms with Crippen molar-refractivity contribution in [3.8, 4) is 0 Å². The lowest BCUT2D eigenvalue weighted by Crippen LogP contribution is -2.36. The molecule has 1 rings (SSSR count). The van der Waals surface area contributed by atoms with Crippen LogP contribution in [-0.4, -0.2) is 24.7 Å². The fourth-order valence-electron chi connectivity index (χ4n) is 1.68. The van der Waals surface area contributed by atoms with Crippen LogP contribution < -0.4 is 5.32 Å². The fourth-order valence-corrected chi connectivity index (χ4v) is 1.68. The Morgan fingerprint density at radius 2 is 2.21 bits per heavy atom. The van der Waals surface area contributed by atoms with E-state index in [9.17, 15) is 4.79 Å². The molecule has 0 aliphatic heterocycles. The van der Waals surface area contributed by atoms with Crippen molar-refractivity contribution in [3.05, 3.63) is 12.2 Å². The Kier molecular flexibility index (Phi) is 4.66. The molecule has 0 aromatic carbocycles. The summed E-state index contributed by atoms with van der Waals surface area (Å²) >= 11 is 0. The topological polar surface area (TPSA) is 38.3 Å². The highest BCUT2D eigenvalue weighted by Crippen LogP contribution is 2.10. The summed E-state index contributed by atoms with van der Waals surface area (Å²) in [5.74, 6) is -0.113. The molecular formula is C11H19NO2. The Balaban J connectivity index is 2.14. The molecule has 1 unspecified atom stereocenters. The Morgan fingerprint density at radius 3 is 2.79 bits per heavy atom. The average Bonchev–Trinajstić information content (AvgIpc) is 2.56. The molecule has 0 amide bonds. The minimum atomic E-state index is -0.113. The lowest BCUT2D eigenvalue weighted by molar-refractivity contribution is -0.143. The third-order valence-electron chi connectivity index (χ3n) is 2.31. The first-order valence-corrected chi connectivity index (χ1v) is 5.29. The van der Waals surface area contributed by atoms with Gasteiger partial charge in [-0.15, -0.1) is 0 Å². The minimum Gasteiger partial charge on any atom is -0.466 e. The zero-order valence-electron chi connectivity index (χ0n) is 8.95. The Morgan fingerprint density at radius 1 is 1.57 bits per heavy atom. The van der Waals surface area contributed by atoms with Crippen LogP contribution in [0.2, 0.25) is 0 Å². The van der Waals surface area contributed by atoms with Gasteiger partial charge in [0, 0.05) is 12.1 Å². The molecule has 1 atom stereocenters. The maximum Gasteiger partial charge on any atom is 0.307 e. The molecule has 14 heavy (non-hydrogen) atoms. The van der Waals surface area contributed by atoms with Crippen LogP contribution in [-0.2, 0) is 9.53 Å². The largest absolute Gasteiger partial charge is 0.466 e. The average molecular weight is 197 g/mol. The molecule has 1 aliphatic rings. The highest BCUT2D eigenvalue weighted by molar-refractivity contribution is 5.70. The highest BCUT2D eigenvalue weighted by Gasteiger charge is 2.15. The summed E-state index contributed by atoms with van der Waals surface area (Å²) in [7, 11) is 0. The number of carbonyl (C=O) groups is 1. The molecule has 3 nitrogen and oxygen atoms in total. The quantitative estimate of drug-likeness (QED) is 0.538.